The molecule has 1 aromatic carbocycles. The van der Waals surface area contributed by atoms with Gasteiger partial charge in [-0.15, -0.1) is 0 Å². The molecule has 0 aromatic heterocycles. The predicted octanol–water partition coefficient (Wildman–Crippen LogP) is 1.56. The van der Waals surface area contributed by atoms with E-state index in [1.165, 1.54) is 12.1 Å². The molecule has 2 rings (SSSR count). The minimum atomic E-state index is -4.51. The Kier molecular flexibility index (Phi) is 3.89. The van der Waals surface area contributed by atoms with Crippen LogP contribution in [-0.4, -0.2) is 44.0 Å². The lowest BCUT2D eigenvalue weighted by atomic mass is 10.0. The van der Waals surface area contributed by atoms with Gasteiger partial charge in [-0.2, -0.15) is 13.2 Å². The summed E-state index contributed by atoms with van der Waals surface area (Å²) in [5, 5.41) is 0. The van der Waals surface area contributed by atoms with Gasteiger partial charge in [0.05, 0.1) is 16.8 Å². The molecule has 0 radical (unpaired) electrons. The Hall–Kier alpha value is -1.76. The number of hydrogen-bond donors (Lipinski definition) is 1. The van der Waals surface area contributed by atoms with E-state index in [0.29, 0.717) is 26.2 Å². The highest BCUT2D eigenvalue weighted by atomic mass is 19.4. The third kappa shape index (κ3) is 2.87. The van der Waals surface area contributed by atoms with Crippen molar-refractivity contribution in [2.24, 2.45) is 5.73 Å². The second-order valence-corrected chi connectivity index (χ2v) is 4.85. The second kappa shape index (κ2) is 5.32. The molecule has 0 aliphatic carbocycles. The normalized spacial score (nSPS) is 17.3. The maximum Gasteiger partial charge on any atom is 0.418 e. The first-order valence-electron chi connectivity index (χ1n) is 6.24. The molecule has 1 aliphatic heterocycles. The molecule has 1 fully saturated rings. The van der Waals surface area contributed by atoms with Crippen molar-refractivity contribution < 1.29 is 18.0 Å². The van der Waals surface area contributed by atoms with E-state index in [-0.39, 0.29) is 11.3 Å². The Morgan fingerprint density at radius 1 is 1.20 bits per heavy atom. The summed E-state index contributed by atoms with van der Waals surface area (Å²) in [4.78, 5) is 15.0. The van der Waals surface area contributed by atoms with Gasteiger partial charge >= 0.3 is 6.18 Å². The van der Waals surface area contributed by atoms with Crippen LogP contribution in [0.4, 0.5) is 18.9 Å². The van der Waals surface area contributed by atoms with Gasteiger partial charge in [-0.1, -0.05) is 6.07 Å². The first-order chi connectivity index (χ1) is 9.30. The van der Waals surface area contributed by atoms with E-state index in [1.807, 2.05) is 11.9 Å². The summed E-state index contributed by atoms with van der Waals surface area (Å²) in [5.41, 5.74) is 4.23. The van der Waals surface area contributed by atoms with Crippen LogP contribution in [0, 0.1) is 0 Å². The number of carbonyl (C=O) groups is 1. The highest BCUT2D eigenvalue weighted by molar-refractivity contribution is 5.99. The van der Waals surface area contributed by atoms with Crippen LogP contribution in [-0.2, 0) is 6.18 Å². The van der Waals surface area contributed by atoms with Gasteiger partial charge in [-0.05, 0) is 19.2 Å². The topological polar surface area (TPSA) is 49.6 Å². The van der Waals surface area contributed by atoms with Crippen molar-refractivity contribution in [2.75, 3.05) is 38.1 Å². The summed E-state index contributed by atoms with van der Waals surface area (Å²) >= 11 is 0. The average molecular weight is 287 g/mol. The van der Waals surface area contributed by atoms with Crippen molar-refractivity contribution in [3.05, 3.63) is 29.3 Å². The van der Waals surface area contributed by atoms with Crippen molar-refractivity contribution in [2.45, 2.75) is 6.18 Å². The number of primary amides is 1. The van der Waals surface area contributed by atoms with Crippen molar-refractivity contribution in [3.63, 3.8) is 0 Å². The number of anilines is 1. The van der Waals surface area contributed by atoms with Crippen LogP contribution < -0.4 is 10.6 Å². The lowest BCUT2D eigenvalue weighted by molar-refractivity contribution is -0.137. The number of para-hydroxylation sites is 1. The zero-order valence-electron chi connectivity index (χ0n) is 11.1. The SMILES string of the molecule is CN1CCN(c2c(C(N)=O)cccc2C(F)(F)F)CC1. The van der Waals surface area contributed by atoms with E-state index in [9.17, 15) is 18.0 Å². The number of carbonyl (C=O) groups excluding carboxylic acids is 1. The van der Waals surface area contributed by atoms with Crippen molar-refractivity contribution in [3.8, 4) is 0 Å². The van der Waals surface area contributed by atoms with Gasteiger partial charge < -0.3 is 15.5 Å². The third-order valence-corrected chi connectivity index (χ3v) is 3.43. The minimum absolute atomic E-state index is 0.0793. The largest absolute Gasteiger partial charge is 0.418 e. The first-order valence-corrected chi connectivity index (χ1v) is 6.24. The summed E-state index contributed by atoms with van der Waals surface area (Å²) in [6.07, 6.45) is -4.51. The standard InChI is InChI=1S/C13H16F3N3O/c1-18-5-7-19(8-6-18)11-9(12(17)20)3-2-4-10(11)13(14,15)16/h2-4H,5-8H2,1H3,(H2,17,20). The van der Waals surface area contributed by atoms with Crippen LogP contribution in [0.5, 0.6) is 0 Å². The molecule has 1 aliphatic rings. The van der Waals surface area contributed by atoms with Gasteiger partial charge in [0.2, 0.25) is 0 Å². The van der Waals surface area contributed by atoms with Crippen LogP contribution in [0.15, 0.2) is 18.2 Å². The number of piperazine rings is 1. The highest BCUT2D eigenvalue weighted by Gasteiger charge is 2.37. The molecule has 0 bridgehead atoms. The zero-order chi connectivity index (χ0) is 14.9. The smallest absolute Gasteiger partial charge is 0.368 e. The summed E-state index contributed by atoms with van der Waals surface area (Å²) in [6, 6.07) is 3.54. The van der Waals surface area contributed by atoms with Crippen LogP contribution in [0.1, 0.15) is 15.9 Å². The molecular weight excluding hydrogens is 271 g/mol. The Morgan fingerprint density at radius 2 is 1.80 bits per heavy atom. The van der Waals surface area contributed by atoms with Crippen LogP contribution >= 0.6 is 0 Å². The maximum atomic E-state index is 13.1. The summed E-state index contributed by atoms with van der Waals surface area (Å²) in [6.45, 7) is 2.16. The lowest BCUT2D eigenvalue weighted by Gasteiger charge is -2.36. The van der Waals surface area contributed by atoms with Gasteiger partial charge in [0.1, 0.15) is 0 Å². The maximum absolute atomic E-state index is 13.1. The summed E-state index contributed by atoms with van der Waals surface area (Å²) < 4.78 is 39.4. The van der Waals surface area contributed by atoms with E-state index in [1.54, 1.807) is 4.90 Å². The van der Waals surface area contributed by atoms with E-state index in [2.05, 4.69) is 0 Å². The molecule has 0 unspecified atom stereocenters. The minimum Gasteiger partial charge on any atom is -0.368 e. The fourth-order valence-corrected chi connectivity index (χ4v) is 2.34. The van der Waals surface area contributed by atoms with Crippen LogP contribution in [0.2, 0.25) is 0 Å². The Balaban J connectivity index is 2.50. The van der Waals surface area contributed by atoms with Gasteiger partial charge in [-0.3, -0.25) is 4.79 Å². The number of likely N-dealkylation sites (N-methyl/N-ethyl adjacent to an activating group) is 1. The molecule has 20 heavy (non-hydrogen) atoms. The molecule has 1 amide bonds. The fourth-order valence-electron chi connectivity index (χ4n) is 2.34. The van der Waals surface area contributed by atoms with Gasteiger partial charge in [0.25, 0.3) is 5.91 Å². The number of benzene rings is 1. The number of hydrogen-bond acceptors (Lipinski definition) is 3. The average Bonchev–Trinajstić information content (AvgIpc) is 2.37. The van der Waals surface area contributed by atoms with Crippen LogP contribution in [0.3, 0.4) is 0 Å². The van der Waals surface area contributed by atoms with E-state index < -0.39 is 17.6 Å². The molecule has 4 nitrogen and oxygen atoms in total. The van der Waals surface area contributed by atoms with E-state index in [4.69, 9.17) is 5.73 Å². The first kappa shape index (κ1) is 14.6. The van der Waals surface area contributed by atoms with Gasteiger partial charge in [-0.25, -0.2) is 0 Å². The lowest BCUT2D eigenvalue weighted by Crippen LogP contribution is -2.45. The number of halogens is 3. The fraction of sp³-hybridized carbons (Fsp3) is 0.462. The van der Waals surface area contributed by atoms with Gasteiger partial charge in [0, 0.05) is 26.2 Å². The number of amides is 1. The molecule has 0 saturated carbocycles. The second-order valence-electron chi connectivity index (χ2n) is 4.85. The molecule has 2 N–H and O–H groups in total. The van der Waals surface area contributed by atoms with Crippen molar-refractivity contribution in [1.82, 2.24) is 4.90 Å². The Bertz CT molecular complexity index is 508. The highest BCUT2D eigenvalue weighted by Crippen LogP contribution is 2.38. The number of nitrogens with zero attached hydrogens (tertiary/aromatic N) is 2. The molecule has 7 heteroatoms. The molecule has 0 atom stereocenters. The number of nitrogens with two attached hydrogens (primary N) is 1. The monoisotopic (exact) mass is 287 g/mol. The molecule has 1 saturated heterocycles. The molecule has 1 heterocycles. The van der Waals surface area contributed by atoms with E-state index >= 15 is 0 Å². The summed E-state index contributed by atoms with van der Waals surface area (Å²) in [5.74, 6) is -0.843. The van der Waals surface area contributed by atoms with E-state index in [0.717, 1.165) is 6.07 Å². The molecular formula is C13H16F3N3O. The predicted molar refractivity (Wildman–Crippen MR) is 69.7 cm³/mol. The molecule has 0 spiro atoms. The molecule has 110 valence electrons. The van der Waals surface area contributed by atoms with Crippen molar-refractivity contribution >= 4 is 11.6 Å². The third-order valence-electron chi connectivity index (χ3n) is 3.43. The molecule has 1 aromatic rings. The zero-order valence-corrected chi connectivity index (χ0v) is 11.1. The Labute approximate surface area is 114 Å². The quantitative estimate of drug-likeness (QED) is 0.898. The summed E-state index contributed by atoms with van der Waals surface area (Å²) in [7, 11) is 1.90. The Morgan fingerprint density at radius 3 is 2.30 bits per heavy atom. The van der Waals surface area contributed by atoms with Crippen LogP contribution in [0.25, 0.3) is 0 Å². The number of rotatable bonds is 2. The number of alkyl halides is 3. The van der Waals surface area contributed by atoms with Crippen molar-refractivity contribution in [1.29, 1.82) is 0 Å². The van der Waals surface area contributed by atoms with Gasteiger partial charge in [0.15, 0.2) is 0 Å².